The second-order valence-electron chi connectivity index (χ2n) is 2.87. The molecule has 0 aromatic carbocycles. The number of nitrogens with one attached hydrogen (secondary N) is 1. The quantitative estimate of drug-likeness (QED) is 0.695. The predicted octanol–water partition coefficient (Wildman–Crippen LogP) is -0.740. The first-order chi connectivity index (χ1) is 6.63. The van der Waals surface area contributed by atoms with Crippen LogP contribution >= 0.6 is 11.8 Å². The number of aliphatic hydroxyl groups is 1. The smallest absolute Gasteiger partial charge is 0.265 e. The molecule has 1 heterocycles. The molecule has 1 aromatic heterocycles. The Hall–Kier alpha value is -1.01. The average Bonchev–Trinajstić information content (AvgIpc) is 2.12. The van der Waals surface area contributed by atoms with Crippen LogP contribution in [0.15, 0.2) is 21.7 Å². The van der Waals surface area contributed by atoms with Gasteiger partial charge in [0.2, 0.25) is 0 Å². The summed E-state index contributed by atoms with van der Waals surface area (Å²) in [5, 5.41) is 11.8. The van der Waals surface area contributed by atoms with Crippen LogP contribution in [0.4, 0.5) is 0 Å². The zero-order valence-corrected chi connectivity index (χ0v) is 8.58. The lowest BCUT2D eigenvalue weighted by Crippen LogP contribution is -2.33. The Morgan fingerprint density at radius 2 is 2.29 bits per heavy atom. The fraction of sp³-hybridized carbons (Fsp3) is 0.500. The summed E-state index contributed by atoms with van der Waals surface area (Å²) in [4.78, 5) is 22.1. The van der Waals surface area contributed by atoms with Crippen molar-refractivity contribution in [3.8, 4) is 0 Å². The third-order valence-electron chi connectivity index (χ3n) is 1.64. The van der Waals surface area contributed by atoms with Crippen LogP contribution in [0.3, 0.4) is 0 Å². The van der Waals surface area contributed by atoms with E-state index in [2.05, 4.69) is 5.10 Å². The fourth-order valence-electron chi connectivity index (χ4n) is 1.05. The summed E-state index contributed by atoms with van der Waals surface area (Å²) >= 11 is 1.48. The summed E-state index contributed by atoms with van der Waals surface area (Å²) < 4.78 is 1.11. The van der Waals surface area contributed by atoms with Crippen molar-refractivity contribution in [2.24, 2.45) is 0 Å². The monoisotopic (exact) mass is 216 g/mol. The standard InChI is InChI=1S/C8H12N2O3S/c1-14-5-6(11)4-10-8(13)3-2-7(12)9-10/h2-3,6,11H,4-5H2,1H3,(H,9,12)/t6-/m1/s1. The number of rotatable bonds is 4. The minimum Gasteiger partial charge on any atom is -0.390 e. The van der Waals surface area contributed by atoms with E-state index in [4.69, 9.17) is 0 Å². The van der Waals surface area contributed by atoms with E-state index >= 15 is 0 Å². The van der Waals surface area contributed by atoms with Crippen molar-refractivity contribution < 1.29 is 5.11 Å². The molecule has 0 unspecified atom stereocenters. The summed E-state index contributed by atoms with van der Waals surface area (Å²) in [7, 11) is 0. The van der Waals surface area contributed by atoms with E-state index in [-0.39, 0.29) is 17.7 Å². The largest absolute Gasteiger partial charge is 0.390 e. The van der Waals surface area contributed by atoms with Gasteiger partial charge in [0.1, 0.15) is 0 Å². The minimum atomic E-state index is -0.624. The van der Waals surface area contributed by atoms with E-state index in [0.29, 0.717) is 5.75 Å². The Bertz CT molecular complexity index is 398. The first-order valence-corrected chi connectivity index (χ1v) is 5.50. The molecule has 0 saturated heterocycles. The van der Waals surface area contributed by atoms with Gasteiger partial charge < -0.3 is 5.11 Å². The van der Waals surface area contributed by atoms with E-state index in [9.17, 15) is 14.7 Å². The zero-order chi connectivity index (χ0) is 10.6. The number of aromatic amines is 1. The fourth-order valence-corrected chi connectivity index (χ4v) is 1.54. The highest BCUT2D eigenvalue weighted by molar-refractivity contribution is 7.98. The second kappa shape index (κ2) is 5.02. The highest BCUT2D eigenvalue weighted by Gasteiger charge is 2.05. The molecule has 1 atom stereocenters. The van der Waals surface area contributed by atoms with Gasteiger partial charge in [-0.05, 0) is 6.26 Å². The zero-order valence-electron chi connectivity index (χ0n) is 7.77. The van der Waals surface area contributed by atoms with E-state index in [1.54, 1.807) is 0 Å². The molecule has 0 fully saturated rings. The van der Waals surface area contributed by atoms with Crippen LogP contribution in [-0.4, -0.2) is 33.0 Å². The first-order valence-electron chi connectivity index (χ1n) is 4.10. The Balaban J connectivity index is 2.80. The highest BCUT2D eigenvalue weighted by Crippen LogP contribution is 1.97. The Labute approximate surface area is 84.7 Å². The Morgan fingerprint density at radius 3 is 2.93 bits per heavy atom. The van der Waals surface area contributed by atoms with Crippen molar-refractivity contribution in [1.29, 1.82) is 0 Å². The van der Waals surface area contributed by atoms with Crippen molar-refractivity contribution in [1.82, 2.24) is 9.78 Å². The van der Waals surface area contributed by atoms with Gasteiger partial charge in [0.15, 0.2) is 0 Å². The Kier molecular flexibility index (Phi) is 3.97. The second-order valence-corrected chi connectivity index (χ2v) is 3.78. The maximum Gasteiger partial charge on any atom is 0.265 e. The van der Waals surface area contributed by atoms with Gasteiger partial charge in [0.05, 0.1) is 12.6 Å². The molecule has 0 amide bonds. The van der Waals surface area contributed by atoms with Crippen LogP contribution in [0, 0.1) is 0 Å². The molecule has 14 heavy (non-hydrogen) atoms. The lowest BCUT2D eigenvalue weighted by molar-refractivity contribution is 0.170. The molecule has 0 bridgehead atoms. The molecule has 0 radical (unpaired) electrons. The lowest BCUT2D eigenvalue weighted by Gasteiger charge is -2.09. The molecular weight excluding hydrogens is 204 g/mol. The van der Waals surface area contributed by atoms with Crippen LogP contribution in [0.5, 0.6) is 0 Å². The number of H-pyrrole nitrogens is 1. The number of aliphatic hydroxyl groups excluding tert-OH is 1. The molecule has 0 spiro atoms. The van der Waals surface area contributed by atoms with Crippen molar-refractivity contribution in [2.45, 2.75) is 12.6 Å². The molecule has 5 nitrogen and oxygen atoms in total. The summed E-state index contributed by atoms with van der Waals surface area (Å²) in [6, 6.07) is 2.35. The molecule has 0 aliphatic rings. The number of hydrogen-bond donors (Lipinski definition) is 2. The normalized spacial score (nSPS) is 12.7. The van der Waals surface area contributed by atoms with Crippen LogP contribution in [0.25, 0.3) is 0 Å². The maximum atomic E-state index is 11.2. The number of aromatic nitrogens is 2. The van der Waals surface area contributed by atoms with E-state index in [0.717, 1.165) is 4.68 Å². The highest BCUT2D eigenvalue weighted by atomic mass is 32.2. The average molecular weight is 216 g/mol. The van der Waals surface area contributed by atoms with Gasteiger partial charge in [-0.1, -0.05) is 0 Å². The minimum absolute atomic E-state index is 0.121. The predicted molar refractivity (Wildman–Crippen MR) is 55.7 cm³/mol. The van der Waals surface area contributed by atoms with E-state index < -0.39 is 6.10 Å². The lowest BCUT2D eigenvalue weighted by atomic mass is 10.4. The van der Waals surface area contributed by atoms with Crippen LogP contribution in [-0.2, 0) is 6.54 Å². The van der Waals surface area contributed by atoms with Crippen molar-refractivity contribution >= 4 is 11.8 Å². The van der Waals surface area contributed by atoms with Gasteiger partial charge in [0, 0.05) is 17.9 Å². The summed E-state index contributed by atoms with van der Waals surface area (Å²) in [6.45, 7) is 0.121. The third-order valence-corrected chi connectivity index (χ3v) is 2.36. The summed E-state index contributed by atoms with van der Waals surface area (Å²) in [5.74, 6) is 0.531. The van der Waals surface area contributed by atoms with Crippen molar-refractivity contribution in [3.63, 3.8) is 0 Å². The molecule has 0 aliphatic heterocycles. The van der Waals surface area contributed by atoms with Crippen LogP contribution in [0.2, 0.25) is 0 Å². The number of hydrogen-bond acceptors (Lipinski definition) is 4. The molecule has 0 aliphatic carbocycles. The molecule has 6 heteroatoms. The first kappa shape index (κ1) is 11.1. The van der Waals surface area contributed by atoms with Crippen LogP contribution < -0.4 is 11.1 Å². The molecule has 0 saturated carbocycles. The van der Waals surface area contributed by atoms with Gasteiger partial charge in [-0.25, -0.2) is 4.68 Å². The van der Waals surface area contributed by atoms with Crippen molar-refractivity contribution in [2.75, 3.05) is 12.0 Å². The van der Waals surface area contributed by atoms with Gasteiger partial charge in [0.25, 0.3) is 11.1 Å². The molecule has 1 rings (SSSR count). The molecular formula is C8H12N2O3S. The van der Waals surface area contributed by atoms with Gasteiger partial charge in [-0.15, -0.1) is 0 Å². The number of nitrogens with zero attached hydrogens (tertiary/aromatic N) is 1. The van der Waals surface area contributed by atoms with E-state index in [1.807, 2.05) is 6.26 Å². The van der Waals surface area contributed by atoms with Gasteiger partial charge >= 0.3 is 0 Å². The maximum absolute atomic E-state index is 11.2. The SMILES string of the molecule is CSC[C@H](O)Cn1[nH]c(=O)ccc1=O. The number of thioether (sulfide) groups is 1. The topological polar surface area (TPSA) is 75.1 Å². The summed E-state index contributed by atoms with van der Waals surface area (Å²) in [5.41, 5.74) is -0.661. The van der Waals surface area contributed by atoms with Crippen molar-refractivity contribution in [3.05, 3.63) is 32.8 Å². The Morgan fingerprint density at radius 1 is 1.57 bits per heavy atom. The molecule has 2 N–H and O–H groups in total. The van der Waals surface area contributed by atoms with Crippen LogP contribution in [0.1, 0.15) is 0 Å². The molecule has 78 valence electrons. The molecule has 1 aromatic rings. The third kappa shape index (κ3) is 3.04. The van der Waals surface area contributed by atoms with Gasteiger partial charge in [-0.2, -0.15) is 11.8 Å². The van der Waals surface area contributed by atoms with Gasteiger partial charge in [-0.3, -0.25) is 14.7 Å². The summed E-state index contributed by atoms with van der Waals surface area (Å²) in [6.07, 6.45) is 1.24. The van der Waals surface area contributed by atoms with E-state index in [1.165, 1.54) is 23.9 Å².